The predicted molar refractivity (Wildman–Crippen MR) is 87.0 cm³/mol. The van der Waals surface area contributed by atoms with Crippen molar-refractivity contribution in [2.24, 2.45) is 5.92 Å². The van der Waals surface area contributed by atoms with Crippen molar-refractivity contribution in [3.63, 3.8) is 0 Å². The summed E-state index contributed by atoms with van der Waals surface area (Å²) in [5, 5.41) is 5.43. The molecule has 2 amide bonds. The summed E-state index contributed by atoms with van der Waals surface area (Å²) in [7, 11) is -2.90. The average molecular weight is 341 g/mol. The number of hydrogen-bond acceptors (Lipinski definition) is 5. The Morgan fingerprint density at radius 2 is 2.17 bits per heavy atom. The number of carbonyl (C=O) groups excluding carboxylic acids is 1. The van der Waals surface area contributed by atoms with Crippen LogP contribution in [-0.4, -0.2) is 43.6 Å². The molecule has 23 heavy (non-hydrogen) atoms. The third kappa shape index (κ3) is 6.05. The minimum absolute atomic E-state index is 0.0138. The number of nitrogens with one attached hydrogen (secondary N) is 2. The van der Waals surface area contributed by atoms with Crippen molar-refractivity contribution in [3.05, 3.63) is 23.9 Å². The van der Waals surface area contributed by atoms with Gasteiger partial charge in [-0.25, -0.2) is 18.2 Å². The fourth-order valence-corrected chi connectivity index (χ4v) is 4.20. The Hall–Kier alpha value is -1.83. The minimum atomic E-state index is -2.90. The lowest BCUT2D eigenvalue weighted by Crippen LogP contribution is -2.38. The molecule has 0 radical (unpaired) electrons. The minimum Gasteiger partial charge on any atom is -0.475 e. The lowest BCUT2D eigenvalue weighted by atomic mass is 10.1. The zero-order chi connectivity index (χ0) is 16.9. The number of aromatic nitrogens is 1. The third-order valence-corrected chi connectivity index (χ3v) is 5.32. The van der Waals surface area contributed by atoms with Gasteiger partial charge in [-0.3, -0.25) is 0 Å². The van der Waals surface area contributed by atoms with E-state index in [1.165, 1.54) is 0 Å². The molecule has 0 aromatic carbocycles. The zero-order valence-electron chi connectivity index (χ0n) is 13.4. The molecule has 0 bridgehead atoms. The number of urea groups is 1. The second-order valence-corrected chi connectivity index (χ2v) is 8.23. The van der Waals surface area contributed by atoms with Crippen molar-refractivity contribution in [2.75, 3.05) is 18.1 Å². The normalized spacial score (nSPS) is 19.5. The van der Waals surface area contributed by atoms with Crippen molar-refractivity contribution in [2.45, 2.75) is 32.9 Å². The molecule has 1 atom stereocenters. The van der Waals surface area contributed by atoms with Gasteiger partial charge in [0.25, 0.3) is 0 Å². The molecule has 1 aromatic heterocycles. The van der Waals surface area contributed by atoms with Crippen LogP contribution in [0.1, 0.15) is 25.8 Å². The van der Waals surface area contributed by atoms with Crippen LogP contribution >= 0.6 is 0 Å². The van der Waals surface area contributed by atoms with Gasteiger partial charge in [0.2, 0.25) is 5.88 Å². The number of amides is 2. The highest BCUT2D eigenvalue weighted by Gasteiger charge is 2.27. The van der Waals surface area contributed by atoms with Crippen LogP contribution in [0.4, 0.5) is 4.79 Å². The Labute approximate surface area is 136 Å². The van der Waals surface area contributed by atoms with Gasteiger partial charge in [0.1, 0.15) is 0 Å². The van der Waals surface area contributed by atoms with Crippen LogP contribution in [0.5, 0.6) is 5.88 Å². The lowest BCUT2D eigenvalue weighted by molar-refractivity contribution is 0.232. The SMILES string of the molecule is CC(C)Oc1ccc(CNC(=O)NC[C@@H]2CCS(=O)(=O)C2)cn1. The topological polar surface area (TPSA) is 97.4 Å². The highest BCUT2D eigenvalue weighted by atomic mass is 32.2. The van der Waals surface area contributed by atoms with Gasteiger partial charge in [-0.2, -0.15) is 0 Å². The van der Waals surface area contributed by atoms with Crippen LogP contribution in [-0.2, 0) is 16.4 Å². The van der Waals surface area contributed by atoms with E-state index < -0.39 is 9.84 Å². The highest BCUT2D eigenvalue weighted by molar-refractivity contribution is 7.91. The second-order valence-electron chi connectivity index (χ2n) is 6.00. The van der Waals surface area contributed by atoms with Crippen molar-refractivity contribution in [1.82, 2.24) is 15.6 Å². The van der Waals surface area contributed by atoms with Gasteiger partial charge in [0.05, 0.1) is 17.6 Å². The van der Waals surface area contributed by atoms with Crippen molar-refractivity contribution in [1.29, 1.82) is 0 Å². The molecule has 1 aliphatic heterocycles. The molecule has 1 aromatic rings. The Bertz CT molecular complexity index is 629. The molecule has 0 unspecified atom stereocenters. The van der Waals surface area contributed by atoms with E-state index in [0.29, 0.717) is 25.4 Å². The maximum atomic E-state index is 11.7. The molecule has 2 heterocycles. The number of pyridine rings is 1. The fraction of sp³-hybridized carbons (Fsp3) is 0.600. The molecule has 0 saturated carbocycles. The molecule has 7 nitrogen and oxygen atoms in total. The van der Waals surface area contributed by atoms with E-state index in [2.05, 4.69) is 15.6 Å². The van der Waals surface area contributed by atoms with E-state index in [0.717, 1.165) is 5.56 Å². The van der Waals surface area contributed by atoms with Crippen molar-refractivity contribution >= 4 is 15.9 Å². The number of ether oxygens (including phenoxy) is 1. The first-order valence-corrected chi connectivity index (χ1v) is 9.50. The third-order valence-electron chi connectivity index (χ3n) is 3.49. The maximum absolute atomic E-state index is 11.7. The second kappa shape index (κ2) is 7.63. The van der Waals surface area contributed by atoms with E-state index in [9.17, 15) is 13.2 Å². The summed E-state index contributed by atoms with van der Waals surface area (Å²) in [4.78, 5) is 15.9. The molecule has 0 aliphatic carbocycles. The summed E-state index contributed by atoms with van der Waals surface area (Å²) >= 11 is 0. The van der Waals surface area contributed by atoms with Crippen LogP contribution in [0.2, 0.25) is 0 Å². The molecule has 0 spiro atoms. The predicted octanol–water partition coefficient (Wildman–Crippen LogP) is 1.10. The van der Waals surface area contributed by atoms with Crippen LogP contribution in [0.3, 0.4) is 0 Å². The van der Waals surface area contributed by atoms with Crippen molar-refractivity contribution in [3.8, 4) is 5.88 Å². The van der Waals surface area contributed by atoms with E-state index in [4.69, 9.17) is 4.74 Å². The molecular formula is C15H23N3O4S. The van der Waals surface area contributed by atoms with E-state index in [-0.39, 0.29) is 29.6 Å². The first-order valence-electron chi connectivity index (χ1n) is 7.68. The van der Waals surface area contributed by atoms with Crippen LogP contribution in [0.25, 0.3) is 0 Å². The zero-order valence-corrected chi connectivity index (χ0v) is 14.2. The molecule has 128 valence electrons. The van der Waals surface area contributed by atoms with Gasteiger partial charge in [-0.05, 0) is 31.7 Å². The fourth-order valence-electron chi connectivity index (χ4n) is 2.34. The van der Waals surface area contributed by atoms with Crippen LogP contribution in [0.15, 0.2) is 18.3 Å². The van der Waals surface area contributed by atoms with Gasteiger partial charge >= 0.3 is 6.03 Å². The molecular weight excluding hydrogens is 318 g/mol. The number of carbonyl (C=O) groups is 1. The standard InChI is InChI=1S/C15H23N3O4S/c1-11(2)22-14-4-3-12(7-16-14)8-17-15(19)18-9-13-5-6-23(20,21)10-13/h3-4,7,11,13H,5-6,8-10H2,1-2H3,(H2,17,18,19)/t13-/m0/s1. The molecule has 1 fully saturated rings. The summed E-state index contributed by atoms with van der Waals surface area (Å²) in [6.45, 7) is 4.59. The van der Waals surface area contributed by atoms with Gasteiger partial charge < -0.3 is 15.4 Å². The highest BCUT2D eigenvalue weighted by Crippen LogP contribution is 2.17. The number of rotatable bonds is 6. The Morgan fingerprint density at radius 1 is 1.39 bits per heavy atom. The summed E-state index contributed by atoms with van der Waals surface area (Å²) in [5.74, 6) is 0.946. The maximum Gasteiger partial charge on any atom is 0.315 e. The van der Waals surface area contributed by atoms with Gasteiger partial charge in [-0.1, -0.05) is 6.07 Å². The molecule has 8 heteroatoms. The number of sulfone groups is 1. The summed E-state index contributed by atoms with van der Waals surface area (Å²) in [6, 6.07) is 3.30. The number of nitrogens with zero attached hydrogens (tertiary/aromatic N) is 1. The van der Waals surface area contributed by atoms with E-state index in [1.807, 2.05) is 19.9 Å². The Morgan fingerprint density at radius 3 is 2.74 bits per heavy atom. The first kappa shape index (κ1) is 17.5. The Kier molecular flexibility index (Phi) is 5.81. The van der Waals surface area contributed by atoms with E-state index >= 15 is 0 Å². The largest absolute Gasteiger partial charge is 0.475 e. The lowest BCUT2D eigenvalue weighted by Gasteiger charge is -2.11. The monoisotopic (exact) mass is 341 g/mol. The summed E-state index contributed by atoms with van der Waals surface area (Å²) in [6.07, 6.45) is 2.34. The summed E-state index contributed by atoms with van der Waals surface area (Å²) in [5.41, 5.74) is 0.861. The summed E-state index contributed by atoms with van der Waals surface area (Å²) < 4.78 is 28.1. The molecule has 1 aliphatic rings. The van der Waals surface area contributed by atoms with E-state index in [1.54, 1.807) is 12.3 Å². The first-order chi connectivity index (χ1) is 10.8. The van der Waals surface area contributed by atoms with Gasteiger partial charge in [-0.15, -0.1) is 0 Å². The smallest absolute Gasteiger partial charge is 0.315 e. The number of hydrogen-bond donors (Lipinski definition) is 2. The molecule has 2 N–H and O–H groups in total. The van der Waals surface area contributed by atoms with Gasteiger partial charge in [0, 0.05) is 25.4 Å². The average Bonchev–Trinajstić information content (AvgIpc) is 2.83. The van der Waals surface area contributed by atoms with Gasteiger partial charge in [0.15, 0.2) is 9.84 Å². The van der Waals surface area contributed by atoms with Crippen molar-refractivity contribution < 1.29 is 17.9 Å². The van der Waals surface area contributed by atoms with Crippen LogP contribution < -0.4 is 15.4 Å². The molecule has 1 saturated heterocycles. The van der Waals surface area contributed by atoms with Crippen LogP contribution in [0, 0.1) is 5.92 Å². The Balaban J connectivity index is 1.70. The quantitative estimate of drug-likeness (QED) is 0.807. The molecule has 2 rings (SSSR count).